The summed E-state index contributed by atoms with van der Waals surface area (Å²) in [4.78, 5) is 32.8. The van der Waals surface area contributed by atoms with Crippen molar-refractivity contribution in [3.05, 3.63) is 28.8 Å². The third-order valence-corrected chi connectivity index (χ3v) is 4.07. The minimum Gasteiger partial charge on any atom is -0.480 e. The largest absolute Gasteiger partial charge is 0.480 e. The van der Waals surface area contributed by atoms with Crippen LogP contribution in [-0.2, 0) is 14.4 Å². The topological polar surface area (TPSA) is 95.5 Å². The molecular formula is C13H15ClN2O4S. The van der Waals surface area contributed by atoms with Crippen molar-refractivity contribution in [2.24, 2.45) is 0 Å². The molecule has 0 aliphatic rings. The van der Waals surface area contributed by atoms with E-state index in [-0.39, 0.29) is 17.4 Å². The first kappa shape index (κ1) is 17.3. The highest BCUT2D eigenvalue weighted by Gasteiger charge is 2.16. The summed E-state index contributed by atoms with van der Waals surface area (Å²) in [7, 11) is 0. The van der Waals surface area contributed by atoms with E-state index >= 15 is 0 Å². The summed E-state index contributed by atoms with van der Waals surface area (Å²) in [6, 6.07) is 4.18. The molecule has 0 aliphatic heterocycles. The summed E-state index contributed by atoms with van der Waals surface area (Å²) >= 11 is 7.07. The molecule has 1 unspecified atom stereocenters. The number of carbonyl (C=O) groups is 3. The van der Waals surface area contributed by atoms with Gasteiger partial charge < -0.3 is 15.7 Å². The van der Waals surface area contributed by atoms with Gasteiger partial charge in [0.1, 0.15) is 6.04 Å². The Morgan fingerprint density at radius 1 is 1.48 bits per heavy atom. The van der Waals surface area contributed by atoms with Crippen LogP contribution in [0.25, 0.3) is 0 Å². The molecular weight excluding hydrogens is 316 g/mol. The number of amides is 2. The molecule has 1 aromatic rings. The fourth-order valence-electron chi connectivity index (χ4n) is 1.47. The summed E-state index contributed by atoms with van der Waals surface area (Å²) < 4.78 is 0. The maximum absolute atomic E-state index is 11.8. The Labute approximate surface area is 131 Å². The lowest BCUT2D eigenvalue weighted by atomic mass is 10.2. The van der Waals surface area contributed by atoms with Crippen LogP contribution in [0, 0.1) is 6.92 Å². The highest BCUT2D eigenvalue weighted by molar-refractivity contribution is 8.00. The van der Waals surface area contributed by atoms with Crippen LogP contribution in [-0.4, -0.2) is 40.9 Å². The number of anilines is 1. The smallest absolute Gasteiger partial charge is 0.327 e. The van der Waals surface area contributed by atoms with Crippen molar-refractivity contribution >= 4 is 47.3 Å². The van der Waals surface area contributed by atoms with Crippen molar-refractivity contribution in [3.63, 3.8) is 0 Å². The van der Waals surface area contributed by atoms with Crippen LogP contribution >= 0.6 is 23.4 Å². The highest BCUT2D eigenvalue weighted by atomic mass is 35.5. The molecule has 3 N–H and O–H groups in total. The molecule has 0 spiro atoms. The second-order valence-corrected chi connectivity index (χ2v) is 5.59. The van der Waals surface area contributed by atoms with Gasteiger partial charge in [-0.1, -0.05) is 17.7 Å². The second-order valence-electron chi connectivity index (χ2n) is 4.15. The molecule has 0 fully saturated rings. The predicted molar refractivity (Wildman–Crippen MR) is 82.8 cm³/mol. The zero-order valence-corrected chi connectivity index (χ0v) is 12.8. The maximum atomic E-state index is 11.8. The van der Waals surface area contributed by atoms with E-state index in [1.807, 2.05) is 0 Å². The van der Waals surface area contributed by atoms with E-state index in [4.69, 9.17) is 16.7 Å². The van der Waals surface area contributed by atoms with Crippen molar-refractivity contribution < 1.29 is 19.5 Å². The normalized spacial score (nSPS) is 11.5. The molecule has 0 saturated carbocycles. The zero-order chi connectivity index (χ0) is 15.8. The molecule has 6 nitrogen and oxygen atoms in total. The zero-order valence-electron chi connectivity index (χ0n) is 11.3. The Hall–Kier alpha value is -1.73. The van der Waals surface area contributed by atoms with E-state index in [1.165, 1.54) is 0 Å². The minimum absolute atomic E-state index is 0.0796. The molecule has 1 aromatic carbocycles. The number of carboxylic acids is 1. The van der Waals surface area contributed by atoms with E-state index in [1.54, 1.807) is 25.1 Å². The fourth-order valence-corrected chi connectivity index (χ4v) is 2.50. The van der Waals surface area contributed by atoms with Crippen molar-refractivity contribution in [1.82, 2.24) is 5.32 Å². The molecule has 0 aromatic heterocycles. The molecule has 2 amide bonds. The summed E-state index contributed by atoms with van der Waals surface area (Å²) in [5, 5.41) is 14.3. The summed E-state index contributed by atoms with van der Waals surface area (Å²) in [5.74, 6) is -1.21. The number of thioether (sulfide) groups is 1. The van der Waals surface area contributed by atoms with E-state index in [0.717, 1.165) is 17.3 Å². The van der Waals surface area contributed by atoms with Gasteiger partial charge in [-0.05, 0) is 24.6 Å². The highest BCUT2D eigenvalue weighted by Crippen LogP contribution is 2.23. The molecule has 0 heterocycles. The number of hydrogen-bond acceptors (Lipinski definition) is 4. The Morgan fingerprint density at radius 3 is 2.81 bits per heavy atom. The van der Waals surface area contributed by atoms with Crippen molar-refractivity contribution in [3.8, 4) is 0 Å². The predicted octanol–water partition coefficient (Wildman–Crippen LogP) is 1.52. The van der Waals surface area contributed by atoms with E-state index in [0.29, 0.717) is 17.1 Å². The third-order valence-electron chi connectivity index (χ3n) is 2.63. The molecule has 8 heteroatoms. The lowest BCUT2D eigenvalue weighted by Gasteiger charge is -2.11. The van der Waals surface area contributed by atoms with Gasteiger partial charge in [-0.2, -0.15) is 0 Å². The first-order chi connectivity index (χ1) is 9.95. The quantitative estimate of drug-likeness (QED) is 0.628. The molecule has 0 bridgehead atoms. The van der Waals surface area contributed by atoms with Crippen LogP contribution in [0.3, 0.4) is 0 Å². The first-order valence-electron chi connectivity index (χ1n) is 6.01. The van der Waals surface area contributed by atoms with Crippen molar-refractivity contribution in [1.29, 1.82) is 0 Å². The number of hydrogen-bond donors (Lipinski definition) is 3. The summed E-state index contributed by atoms with van der Waals surface area (Å²) in [6.45, 7) is 1.79. The Morgan fingerprint density at radius 2 is 2.19 bits per heavy atom. The van der Waals surface area contributed by atoms with Crippen LogP contribution in [0.4, 0.5) is 5.69 Å². The van der Waals surface area contributed by atoms with Gasteiger partial charge in [0.25, 0.3) is 0 Å². The van der Waals surface area contributed by atoms with Gasteiger partial charge in [-0.25, -0.2) is 4.79 Å². The molecule has 1 atom stereocenters. The van der Waals surface area contributed by atoms with Crippen molar-refractivity contribution in [2.75, 3.05) is 16.8 Å². The standard InChI is InChI=1S/C13H15ClN2O4S/c1-8-9(14)3-2-4-10(8)16-12(18)6-21-5-11(13(19)20)15-7-17/h2-4,7,11H,5-6H2,1H3,(H,15,17)(H,16,18)(H,19,20). The number of nitrogens with one attached hydrogen (secondary N) is 2. The Bertz CT molecular complexity index is 539. The van der Waals surface area contributed by atoms with E-state index in [9.17, 15) is 14.4 Å². The number of benzene rings is 1. The Kier molecular flexibility index (Phi) is 7.04. The van der Waals surface area contributed by atoms with Crippen LogP contribution in [0.1, 0.15) is 5.56 Å². The van der Waals surface area contributed by atoms with Crippen LogP contribution in [0.5, 0.6) is 0 Å². The van der Waals surface area contributed by atoms with Gasteiger partial charge in [-0.15, -0.1) is 11.8 Å². The SMILES string of the molecule is Cc1c(Cl)cccc1NC(=O)CSCC(NC=O)C(=O)O. The van der Waals surface area contributed by atoms with Crippen LogP contribution in [0.15, 0.2) is 18.2 Å². The molecule has 0 aliphatic carbocycles. The van der Waals surface area contributed by atoms with Gasteiger partial charge in [0, 0.05) is 16.5 Å². The van der Waals surface area contributed by atoms with Crippen LogP contribution in [0.2, 0.25) is 5.02 Å². The molecule has 0 saturated heterocycles. The second kappa shape index (κ2) is 8.53. The third kappa shape index (κ3) is 5.65. The minimum atomic E-state index is -1.14. The lowest BCUT2D eigenvalue weighted by molar-refractivity contribution is -0.139. The molecule has 0 radical (unpaired) electrons. The first-order valence-corrected chi connectivity index (χ1v) is 7.54. The monoisotopic (exact) mass is 330 g/mol. The number of halogens is 1. The van der Waals surface area contributed by atoms with Crippen LogP contribution < -0.4 is 10.6 Å². The average molecular weight is 331 g/mol. The number of carboxylic acid groups (broad SMARTS) is 1. The number of carbonyl (C=O) groups excluding carboxylic acids is 2. The van der Waals surface area contributed by atoms with E-state index in [2.05, 4.69) is 10.6 Å². The van der Waals surface area contributed by atoms with Gasteiger partial charge in [0.15, 0.2) is 0 Å². The van der Waals surface area contributed by atoms with E-state index < -0.39 is 12.0 Å². The molecule has 114 valence electrons. The van der Waals surface area contributed by atoms with Gasteiger partial charge >= 0.3 is 5.97 Å². The fraction of sp³-hybridized carbons (Fsp3) is 0.308. The maximum Gasteiger partial charge on any atom is 0.327 e. The van der Waals surface area contributed by atoms with Gasteiger partial charge in [0.05, 0.1) is 5.75 Å². The summed E-state index contributed by atoms with van der Waals surface area (Å²) in [5.41, 5.74) is 1.39. The average Bonchev–Trinajstić information content (AvgIpc) is 2.43. The molecule has 21 heavy (non-hydrogen) atoms. The summed E-state index contributed by atoms with van der Waals surface area (Å²) in [6.07, 6.45) is 0.328. The number of rotatable bonds is 8. The lowest BCUT2D eigenvalue weighted by Crippen LogP contribution is -2.38. The van der Waals surface area contributed by atoms with Crippen molar-refractivity contribution in [2.45, 2.75) is 13.0 Å². The number of aliphatic carboxylic acids is 1. The Balaban J connectivity index is 2.46. The van der Waals surface area contributed by atoms with Gasteiger partial charge in [0.2, 0.25) is 12.3 Å². The van der Waals surface area contributed by atoms with Gasteiger partial charge in [-0.3, -0.25) is 9.59 Å². The molecule has 1 rings (SSSR count).